The molecule has 17 heteroatoms. The summed E-state index contributed by atoms with van der Waals surface area (Å²) in [6, 6.07) is 13.1. The molecule has 288 valence electrons. The van der Waals surface area contributed by atoms with Crippen molar-refractivity contribution >= 4 is 52.8 Å². The summed E-state index contributed by atoms with van der Waals surface area (Å²) in [5.74, 6) is -5.77. The van der Waals surface area contributed by atoms with Gasteiger partial charge in [0.15, 0.2) is 0 Å². The Labute approximate surface area is 314 Å². The number of nitrogens with two attached hydrogens (primary N) is 1. The van der Waals surface area contributed by atoms with E-state index in [0.29, 0.717) is 11.1 Å². The lowest BCUT2D eigenvalue weighted by Gasteiger charge is -2.32. The first-order valence-corrected chi connectivity index (χ1v) is 16.8. The first kappa shape index (κ1) is 42.5. The van der Waals surface area contributed by atoms with Gasteiger partial charge in [-0.3, -0.25) is 34.2 Å². The van der Waals surface area contributed by atoms with Crippen LogP contribution in [0.1, 0.15) is 60.8 Å². The Morgan fingerprint density at radius 3 is 2.19 bits per heavy atom. The Morgan fingerprint density at radius 1 is 0.889 bits per heavy atom. The zero-order valence-corrected chi connectivity index (χ0v) is 30.5. The smallest absolute Gasteiger partial charge is 0.416 e. The van der Waals surface area contributed by atoms with Crippen LogP contribution in [0.25, 0.3) is 0 Å². The average molecular weight is 773 g/mol. The van der Waals surface area contributed by atoms with Gasteiger partial charge in [0, 0.05) is 24.3 Å². The summed E-state index contributed by atoms with van der Waals surface area (Å²) in [6.07, 6.45) is -3.24. The predicted molar refractivity (Wildman–Crippen MR) is 193 cm³/mol. The second-order valence-corrected chi connectivity index (χ2v) is 13.2. The molecule has 0 aromatic heterocycles. The third-order valence-electron chi connectivity index (χ3n) is 7.55. The topological polar surface area (TPSA) is 189 Å². The number of carbonyl (C=O) groups is 6. The van der Waals surface area contributed by atoms with Gasteiger partial charge in [0.25, 0.3) is 17.7 Å². The number of hydrogen-bond acceptors (Lipinski definition) is 8. The largest absolute Gasteiger partial charge is 0.465 e. The molecule has 5 amide bonds. The molecule has 0 fully saturated rings. The number of esters is 1. The number of benzene rings is 3. The van der Waals surface area contributed by atoms with Crippen LogP contribution in [0.5, 0.6) is 0 Å². The lowest BCUT2D eigenvalue weighted by molar-refractivity contribution is -0.152. The van der Waals surface area contributed by atoms with Gasteiger partial charge in [0.2, 0.25) is 11.8 Å². The van der Waals surface area contributed by atoms with Crippen molar-refractivity contribution in [2.24, 2.45) is 5.41 Å². The molecule has 0 radical (unpaired) electrons. The number of carbonyl (C=O) groups excluding carboxylic acids is 6. The van der Waals surface area contributed by atoms with Crippen molar-refractivity contribution < 1.29 is 46.7 Å². The molecule has 0 saturated heterocycles. The predicted octanol–water partition coefficient (Wildman–Crippen LogP) is 4.24. The van der Waals surface area contributed by atoms with E-state index in [0.717, 1.165) is 35.9 Å². The molecule has 0 spiro atoms. The number of nitrogens with zero attached hydrogens (tertiary/aromatic N) is 1. The number of ether oxygens (including phenoxy) is 1. The molecule has 13 nitrogen and oxygen atoms in total. The molecule has 3 rings (SSSR count). The van der Waals surface area contributed by atoms with Crippen LogP contribution in [0.4, 0.5) is 18.9 Å². The molecule has 0 unspecified atom stereocenters. The van der Waals surface area contributed by atoms with E-state index in [1.807, 2.05) is 0 Å². The summed E-state index contributed by atoms with van der Waals surface area (Å²) in [6.45, 7) is 5.41. The number of halogens is 4. The van der Waals surface area contributed by atoms with Crippen LogP contribution in [-0.2, 0) is 41.4 Å². The summed E-state index contributed by atoms with van der Waals surface area (Å²) < 4.78 is 46.2. The van der Waals surface area contributed by atoms with Crippen LogP contribution in [-0.4, -0.2) is 59.7 Å². The van der Waals surface area contributed by atoms with Crippen LogP contribution in [0.2, 0.25) is 5.02 Å². The molecule has 0 bridgehead atoms. The van der Waals surface area contributed by atoms with Crippen molar-refractivity contribution in [1.29, 1.82) is 0 Å². The maximum Gasteiger partial charge on any atom is 0.416 e. The minimum Gasteiger partial charge on any atom is -0.465 e. The van der Waals surface area contributed by atoms with E-state index in [1.54, 1.807) is 51.1 Å². The summed E-state index contributed by atoms with van der Waals surface area (Å²) in [5, 5.41) is 8.07. The van der Waals surface area contributed by atoms with Gasteiger partial charge in [-0.2, -0.15) is 13.2 Å². The fourth-order valence-corrected chi connectivity index (χ4v) is 4.95. The second kappa shape index (κ2) is 18.7. The van der Waals surface area contributed by atoms with E-state index in [9.17, 15) is 41.9 Å². The van der Waals surface area contributed by atoms with Crippen LogP contribution < -0.4 is 27.1 Å². The third kappa shape index (κ3) is 12.6. The molecule has 0 aliphatic rings. The maximum atomic E-state index is 13.9. The van der Waals surface area contributed by atoms with Gasteiger partial charge >= 0.3 is 12.1 Å². The Morgan fingerprint density at radius 2 is 1.57 bits per heavy atom. The zero-order chi connectivity index (χ0) is 40.2. The Hall–Kier alpha value is -5.90. The third-order valence-corrected chi connectivity index (χ3v) is 7.88. The van der Waals surface area contributed by atoms with E-state index < -0.39 is 71.3 Å². The van der Waals surface area contributed by atoms with Crippen LogP contribution in [0, 0.1) is 5.41 Å². The van der Waals surface area contributed by atoms with Crippen LogP contribution in [0.3, 0.4) is 0 Å². The zero-order valence-electron chi connectivity index (χ0n) is 29.8. The van der Waals surface area contributed by atoms with Gasteiger partial charge in [-0.05, 0) is 53.8 Å². The monoisotopic (exact) mass is 772 g/mol. The van der Waals surface area contributed by atoms with Gasteiger partial charge < -0.3 is 26.4 Å². The molecule has 0 saturated carbocycles. The van der Waals surface area contributed by atoms with Crippen molar-refractivity contribution in [2.45, 2.75) is 52.5 Å². The Balaban J connectivity index is 1.95. The molecule has 3 aromatic rings. The van der Waals surface area contributed by atoms with E-state index in [1.165, 1.54) is 25.1 Å². The number of anilines is 1. The van der Waals surface area contributed by atoms with E-state index in [-0.39, 0.29) is 35.0 Å². The lowest BCUT2D eigenvalue weighted by Crippen LogP contribution is -2.57. The molecule has 3 aromatic carbocycles. The molecule has 2 atom stereocenters. The first-order chi connectivity index (χ1) is 25.3. The van der Waals surface area contributed by atoms with Crippen molar-refractivity contribution in [1.82, 2.24) is 26.4 Å². The number of nitrogens with one attached hydrogen (secondary N) is 4. The van der Waals surface area contributed by atoms with E-state index >= 15 is 0 Å². The lowest BCUT2D eigenvalue weighted by atomic mass is 9.85. The minimum atomic E-state index is -4.85. The Bertz CT molecular complexity index is 1880. The summed E-state index contributed by atoms with van der Waals surface area (Å²) in [4.78, 5) is 79.1. The molecule has 0 aliphatic heterocycles. The van der Waals surface area contributed by atoms with Crippen molar-refractivity contribution in [3.8, 4) is 0 Å². The molecular formula is C37H40ClF3N6O7. The van der Waals surface area contributed by atoms with Crippen LogP contribution in [0.15, 0.2) is 84.9 Å². The normalized spacial score (nSPS) is 12.6. The SMILES string of the molecule is CCOC(=O)CN(NC(=O)[C@H](NC(=O)[C@@H](NC(=O)c1ccc(N)c(Cl)c1)C(C)(C)C)c1cccc(C(F)(F)F)c1)C(=O)/C=C/C(=O)NCc1ccccc1. The van der Waals surface area contributed by atoms with Gasteiger partial charge in [0.05, 0.1) is 22.9 Å². The highest BCUT2D eigenvalue weighted by Gasteiger charge is 2.37. The van der Waals surface area contributed by atoms with Crippen molar-refractivity contribution in [3.05, 3.63) is 112 Å². The second-order valence-electron chi connectivity index (χ2n) is 12.8. The maximum absolute atomic E-state index is 13.9. The van der Waals surface area contributed by atoms with Crippen LogP contribution >= 0.6 is 11.6 Å². The molecule has 0 aliphatic carbocycles. The van der Waals surface area contributed by atoms with Gasteiger partial charge in [-0.25, -0.2) is 5.01 Å². The van der Waals surface area contributed by atoms with E-state index in [2.05, 4.69) is 21.4 Å². The first-order valence-electron chi connectivity index (χ1n) is 16.4. The highest BCUT2D eigenvalue weighted by molar-refractivity contribution is 6.33. The molecule has 54 heavy (non-hydrogen) atoms. The summed E-state index contributed by atoms with van der Waals surface area (Å²) >= 11 is 6.06. The van der Waals surface area contributed by atoms with Gasteiger partial charge in [0.1, 0.15) is 18.6 Å². The number of amides is 5. The minimum absolute atomic E-state index is 0.0401. The number of alkyl halides is 3. The quantitative estimate of drug-likeness (QED) is 0.0739. The van der Waals surface area contributed by atoms with Crippen molar-refractivity contribution in [2.75, 3.05) is 18.9 Å². The number of hydrogen-bond donors (Lipinski definition) is 5. The fourth-order valence-electron chi connectivity index (χ4n) is 4.77. The summed E-state index contributed by atoms with van der Waals surface area (Å²) in [7, 11) is 0. The Kier molecular flexibility index (Phi) is 14.7. The highest BCUT2D eigenvalue weighted by Crippen LogP contribution is 2.31. The molecule has 0 heterocycles. The number of rotatable bonds is 13. The number of hydrazine groups is 1. The highest BCUT2D eigenvalue weighted by atomic mass is 35.5. The average Bonchev–Trinajstić information content (AvgIpc) is 3.11. The fraction of sp³-hybridized carbons (Fsp3) is 0.297. The molecule has 6 N–H and O–H groups in total. The number of nitrogen functional groups attached to an aromatic ring is 1. The molecular weight excluding hydrogens is 733 g/mol. The van der Waals surface area contributed by atoms with Gasteiger partial charge in [-0.15, -0.1) is 0 Å². The standard InChI is InChI=1S/C37H40ClF3N6O7/c1-5-54-30(50)21-47(29(49)17-16-28(48)43-20-22-10-7-6-8-11-22)46-34(52)31(23-12-9-13-25(18-23)37(39,40)41)44-35(53)32(36(2,3)4)45-33(51)24-14-15-27(42)26(38)19-24/h6-19,31-32H,5,20-21,42H2,1-4H3,(H,43,48)(H,44,53)(H,45,51)(H,46,52)/b17-16+/t31-,32-/m1/s1. The summed E-state index contributed by atoms with van der Waals surface area (Å²) in [5.41, 5.74) is 6.34. The van der Waals surface area contributed by atoms with Crippen molar-refractivity contribution in [3.63, 3.8) is 0 Å². The van der Waals surface area contributed by atoms with E-state index in [4.69, 9.17) is 22.1 Å². The van der Waals surface area contributed by atoms with Gasteiger partial charge in [-0.1, -0.05) is 74.8 Å².